The van der Waals surface area contributed by atoms with E-state index in [4.69, 9.17) is 9.47 Å². The molecule has 1 amide bonds. The Balaban J connectivity index is 1.59. The lowest BCUT2D eigenvalue weighted by atomic mass is 10.1. The first-order valence-electron chi connectivity index (χ1n) is 8.55. The second kappa shape index (κ2) is 7.88. The van der Waals surface area contributed by atoms with E-state index in [0.29, 0.717) is 24.4 Å². The summed E-state index contributed by atoms with van der Waals surface area (Å²) in [6.45, 7) is 3.65. The van der Waals surface area contributed by atoms with Crippen molar-refractivity contribution >= 4 is 5.91 Å². The van der Waals surface area contributed by atoms with E-state index in [0.717, 1.165) is 24.3 Å². The molecule has 1 aliphatic rings. The molecule has 25 heavy (non-hydrogen) atoms. The lowest BCUT2D eigenvalue weighted by Crippen LogP contribution is -2.46. The molecular formula is C19H22N2O4. The number of amides is 1. The molecule has 1 aromatic heterocycles. The molecule has 3 rings (SSSR count). The van der Waals surface area contributed by atoms with Crippen LogP contribution in [0.15, 0.2) is 48.7 Å². The standard InChI is InChI=1S/C19H22N2O4/c1-2-24-17-8-3-4-9-18(17)25-15-10-13-20(14-11-15)19(22)16-7-5-6-12-21(16)23/h3-9,12,15H,2,10-11,13-14H2,1H3. The molecule has 0 radical (unpaired) electrons. The average Bonchev–Trinajstić information content (AvgIpc) is 2.64. The first kappa shape index (κ1) is 17.1. The quantitative estimate of drug-likeness (QED) is 0.618. The third-order valence-electron chi connectivity index (χ3n) is 4.22. The summed E-state index contributed by atoms with van der Waals surface area (Å²) in [5.41, 5.74) is 0.156. The molecule has 6 nitrogen and oxygen atoms in total. The smallest absolute Gasteiger partial charge is 0.319 e. The van der Waals surface area contributed by atoms with E-state index in [1.165, 1.54) is 6.20 Å². The van der Waals surface area contributed by atoms with Crippen LogP contribution < -0.4 is 14.2 Å². The van der Waals surface area contributed by atoms with Gasteiger partial charge in [0.2, 0.25) is 0 Å². The van der Waals surface area contributed by atoms with Gasteiger partial charge >= 0.3 is 5.91 Å². The molecule has 0 N–H and O–H groups in total. The molecule has 2 heterocycles. The number of piperidine rings is 1. The van der Waals surface area contributed by atoms with Gasteiger partial charge in [-0.15, -0.1) is 0 Å². The summed E-state index contributed by atoms with van der Waals surface area (Å²) in [5, 5.41) is 11.7. The maximum absolute atomic E-state index is 12.5. The maximum atomic E-state index is 12.5. The Morgan fingerprint density at radius 1 is 1.16 bits per heavy atom. The van der Waals surface area contributed by atoms with Crippen LogP contribution in [-0.2, 0) is 0 Å². The van der Waals surface area contributed by atoms with Crippen LogP contribution >= 0.6 is 0 Å². The number of carbonyl (C=O) groups is 1. The van der Waals surface area contributed by atoms with Gasteiger partial charge in [0.25, 0.3) is 5.69 Å². The fraction of sp³-hybridized carbons (Fsp3) is 0.368. The SMILES string of the molecule is CCOc1ccccc1OC1CCN(C(=O)c2cccc[n+]2[O-])CC1. The predicted molar refractivity (Wildman–Crippen MR) is 92.6 cm³/mol. The largest absolute Gasteiger partial charge is 0.618 e. The molecule has 0 saturated carbocycles. The van der Waals surface area contributed by atoms with Crippen LogP contribution in [0, 0.1) is 5.21 Å². The molecule has 0 spiro atoms. The molecule has 0 bridgehead atoms. The van der Waals surface area contributed by atoms with Crippen molar-refractivity contribution in [3.05, 3.63) is 59.6 Å². The Morgan fingerprint density at radius 2 is 1.84 bits per heavy atom. The Labute approximate surface area is 147 Å². The fourth-order valence-electron chi connectivity index (χ4n) is 2.93. The van der Waals surface area contributed by atoms with Crippen LogP contribution in [0.4, 0.5) is 0 Å². The summed E-state index contributed by atoms with van der Waals surface area (Å²) in [7, 11) is 0. The van der Waals surface area contributed by atoms with Gasteiger partial charge in [-0.05, 0) is 25.1 Å². The highest BCUT2D eigenvalue weighted by Gasteiger charge is 2.28. The van der Waals surface area contributed by atoms with Gasteiger partial charge in [0.05, 0.1) is 6.61 Å². The van der Waals surface area contributed by atoms with E-state index in [2.05, 4.69) is 0 Å². The summed E-state index contributed by atoms with van der Waals surface area (Å²) >= 11 is 0. The Bertz CT molecular complexity index is 727. The first-order valence-corrected chi connectivity index (χ1v) is 8.55. The zero-order valence-corrected chi connectivity index (χ0v) is 14.3. The lowest BCUT2D eigenvalue weighted by Gasteiger charge is -2.31. The van der Waals surface area contributed by atoms with Crippen molar-refractivity contribution in [2.24, 2.45) is 0 Å². The van der Waals surface area contributed by atoms with E-state index >= 15 is 0 Å². The number of aromatic nitrogens is 1. The van der Waals surface area contributed by atoms with Crippen molar-refractivity contribution in [1.82, 2.24) is 4.90 Å². The van der Waals surface area contributed by atoms with Crippen molar-refractivity contribution in [2.45, 2.75) is 25.9 Å². The van der Waals surface area contributed by atoms with E-state index in [1.54, 1.807) is 23.1 Å². The van der Waals surface area contributed by atoms with Crippen LogP contribution in [0.25, 0.3) is 0 Å². The number of nitrogens with zero attached hydrogens (tertiary/aromatic N) is 2. The highest BCUT2D eigenvalue weighted by atomic mass is 16.5. The summed E-state index contributed by atoms with van der Waals surface area (Å²) in [6.07, 6.45) is 2.81. The number of ether oxygens (including phenoxy) is 2. The summed E-state index contributed by atoms with van der Waals surface area (Å²) < 4.78 is 12.3. The molecule has 132 valence electrons. The van der Waals surface area contributed by atoms with Crippen molar-refractivity contribution in [3.63, 3.8) is 0 Å². The summed E-state index contributed by atoms with van der Waals surface area (Å²) in [5.74, 6) is 1.23. The minimum Gasteiger partial charge on any atom is -0.618 e. The number of pyridine rings is 1. The Hall–Kier alpha value is -2.76. The highest BCUT2D eigenvalue weighted by Crippen LogP contribution is 2.29. The van der Waals surface area contributed by atoms with E-state index in [-0.39, 0.29) is 17.7 Å². The van der Waals surface area contributed by atoms with Crippen LogP contribution in [0.3, 0.4) is 0 Å². The molecule has 1 fully saturated rings. The molecule has 0 aliphatic carbocycles. The topological polar surface area (TPSA) is 65.7 Å². The molecule has 1 aliphatic heterocycles. The van der Waals surface area contributed by atoms with Crippen LogP contribution in [0.5, 0.6) is 11.5 Å². The molecule has 1 saturated heterocycles. The van der Waals surface area contributed by atoms with Gasteiger partial charge in [0.15, 0.2) is 17.7 Å². The Morgan fingerprint density at radius 3 is 2.52 bits per heavy atom. The second-order valence-corrected chi connectivity index (χ2v) is 5.90. The average molecular weight is 342 g/mol. The normalized spacial score (nSPS) is 15.0. The molecule has 1 aromatic carbocycles. The number of para-hydroxylation sites is 2. The minimum absolute atomic E-state index is 0.0285. The second-order valence-electron chi connectivity index (χ2n) is 5.90. The number of hydrogen-bond acceptors (Lipinski definition) is 4. The number of carbonyl (C=O) groups excluding carboxylic acids is 1. The Kier molecular flexibility index (Phi) is 5.38. The summed E-state index contributed by atoms with van der Waals surface area (Å²) in [6, 6.07) is 12.5. The molecule has 2 aromatic rings. The van der Waals surface area contributed by atoms with Crippen LogP contribution in [0.1, 0.15) is 30.3 Å². The maximum Gasteiger partial charge on any atom is 0.319 e. The van der Waals surface area contributed by atoms with E-state index in [9.17, 15) is 10.0 Å². The zero-order valence-electron chi connectivity index (χ0n) is 14.3. The number of likely N-dealkylation sites (tertiary alicyclic amines) is 1. The van der Waals surface area contributed by atoms with Crippen molar-refractivity contribution < 1.29 is 19.0 Å². The monoisotopic (exact) mass is 342 g/mol. The van der Waals surface area contributed by atoms with Gasteiger partial charge in [-0.2, -0.15) is 4.73 Å². The van der Waals surface area contributed by atoms with Gasteiger partial charge in [-0.25, -0.2) is 0 Å². The highest BCUT2D eigenvalue weighted by molar-refractivity contribution is 5.91. The third kappa shape index (κ3) is 4.02. The van der Waals surface area contributed by atoms with Crippen molar-refractivity contribution in [3.8, 4) is 11.5 Å². The van der Waals surface area contributed by atoms with Gasteiger partial charge in [-0.1, -0.05) is 12.1 Å². The van der Waals surface area contributed by atoms with Gasteiger partial charge in [-0.3, -0.25) is 4.79 Å². The molecule has 0 atom stereocenters. The van der Waals surface area contributed by atoms with Crippen molar-refractivity contribution in [1.29, 1.82) is 0 Å². The first-order chi connectivity index (χ1) is 12.2. The minimum atomic E-state index is -0.233. The van der Waals surface area contributed by atoms with Gasteiger partial charge < -0.3 is 19.6 Å². The van der Waals surface area contributed by atoms with E-state index < -0.39 is 0 Å². The van der Waals surface area contributed by atoms with Gasteiger partial charge in [0, 0.05) is 38.1 Å². The van der Waals surface area contributed by atoms with E-state index in [1.807, 2.05) is 31.2 Å². The zero-order chi connectivity index (χ0) is 17.6. The van der Waals surface area contributed by atoms with Crippen LogP contribution in [0.2, 0.25) is 0 Å². The summed E-state index contributed by atoms with van der Waals surface area (Å²) in [4.78, 5) is 14.2. The predicted octanol–water partition coefficient (Wildman–Crippen LogP) is 2.40. The number of hydrogen-bond donors (Lipinski definition) is 0. The number of rotatable bonds is 5. The fourth-order valence-corrected chi connectivity index (χ4v) is 2.93. The molecular weight excluding hydrogens is 320 g/mol. The van der Waals surface area contributed by atoms with Crippen LogP contribution in [-0.4, -0.2) is 36.6 Å². The molecule has 0 unspecified atom stereocenters. The third-order valence-corrected chi connectivity index (χ3v) is 4.22. The van der Waals surface area contributed by atoms with Gasteiger partial charge in [0.1, 0.15) is 6.10 Å². The lowest BCUT2D eigenvalue weighted by molar-refractivity contribution is -0.608. The van der Waals surface area contributed by atoms with Crippen molar-refractivity contribution in [2.75, 3.05) is 19.7 Å². The number of benzene rings is 1. The molecule has 6 heteroatoms.